The molecule has 1 saturated heterocycles. The summed E-state index contributed by atoms with van der Waals surface area (Å²) in [4.78, 5) is 12.8. The van der Waals surface area contributed by atoms with E-state index in [1.54, 1.807) is 4.90 Å². The topological polar surface area (TPSA) is 76.2 Å². The summed E-state index contributed by atoms with van der Waals surface area (Å²) in [5.41, 5.74) is 8.65. The lowest BCUT2D eigenvalue weighted by molar-refractivity contribution is 0.193. The van der Waals surface area contributed by atoms with Crippen LogP contribution in [0.3, 0.4) is 0 Å². The largest absolute Gasteiger partial charge is 0.379 e. The summed E-state index contributed by atoms with van der Waals surface area (Å²) in [5, 5.41) is 8.18. The summed E-state index contributed by atoms with van der Waals surface area (Å²) in [7, 11) is 0. The number of primary amides is 1. The molecule has 2 heterocycles. The van der Waals surface area contributed by atoms with Crippen molar-refractivity contribution in [2.24, 2.45) is 5.73 Å². The molecule has 1 fully saturated rings. The molecule has 2 rings (SSSR count). The molecule has 6 nitrogen and oxygen atoms in total. The van der Waals surface area contributed by atoms with Crippen LogP contribution in [0.15, 0.2) is 0 Å². The van der Waals surface area contributed by atoms with Crippen molar-refractivity contribution < 1.29 is 4.79 Å². The Labute approximate surface area is 120 Å². The molecule has 1 aromatic heterocycles. The molecule has 20 heavy (non-hydrogen) atoms. The average Bonchev–Trinajstić information content (AvgIpc) is 2.67. The number of hydrogen-bond acceptors (Lipinski definition) is 3. The SMILES string of the molecule is Cc1nn(C(C)C)c(C)c1NC1CCN(C(N)=O)CC1. The number of carbonyl (C=O) groups is 1. The van der Waals surface area contributed by atoms with Crippen molar-refractivity contribution in [2.75, 3.05) is 18.4 Å². The number of hydrogen-bond donors (Lipinski definition) is 2. The van der Waals surface area contributed by atoms with Crippen LogP contribution in [-0.4, -0.2) is 39.8 Å². The maximum atomic E-state index is 11.1. The number of nitrogens with one attached hydrogen (secondary N) is 1. The van der Waals surface area contributed by atoms with Gasteiger partial charge in [-0.25, -0.2) is 4.79 Å². The van der Waals surface area contributed by atoms with Gasteiger partial charge in [0.2, 0.25) is 0 Å². The van der Waals surface area contributed by atoms with Crippen LogP contribution in [0, 0.1) is 13.8 Å². The number of urea groups is 1. The molecule has 0 bridgehead atoms. The molecular weight excluding hydrogens is 254 g/mol. The van der Waals surface area contributed by atoms with E-state index >= 15 is 0 Å². The molecule has 0 aromatic carbocycles. The Morgan fingerprint density at radius 1 is 1.35 bits per heavy atom. The summed E-state index contributed by atoms with van der Waals surface area (Å²) in [6, 6.07) is 0.428. The first-order valence-corrected chi connectivity index (χ1v) is 7.26. The highest BCUT2D eigenvalue weighted by molar-refractivity contribution is 5.72. The molecule has 0 radical (unpaired) electrons. The highest BCUT2D eigenvalue weighted by atomic mass is 16.2. The van der Waals surface area contributed by atoms with Crippen LogP contribution in [0.1, 0.15) is 44.1 Å². The van der Waals surface area contributed by atoms with Crippen molar-refractivity contribution in [3.63, 3.8) is 0 Å². The van der Waals surface area contributed by atoms with E-state index in [1.807, 2.05) is 6.92 Å². The van der Waals surface area contributed by atoms with Gasteiger partial charge in [-0.2, -0.15) is 5.10 Å². The lowest BCUT2D eigenvalue weighted by Gasteiger charge is -2.31. The summed E-state index contributed by atoms with van der Waals surface area (Å²) in [6.45, 7) is 9.85. The molecule has 1 aliphatic rings. The Kier molecular flexibility index (Phi) is 4.20. The van der Waals surface area contributed by atoms with Gasteiger partial charge in [0.15, 0.2) is 0 Å². The van der Waals surface area contributed by atoms with E-state index in [0.29, 0.717) is 12.1 Å². The van der Waals surface area contributed by atoms with Crippen LogP contribution in [0.2, 0.25) is 0 Å². The Hall–Kier alpha value is -1.72. The maximum Gasteiger partial charge on any atom is 0.314 e. The summed E-state index contributed by atoms with van der Waals surface area (Å²) in [5.74, 6) is 0. The van der Waals surface area contributed by atoms with E-state index in [1.165, 1.54) is 5.69 Å². The molecule has 0 spiro atoms. The minimum atomic E-state index is -0.316. The molecule has 0 saturated carbocycles. The number of rotatable bonds is 3. The van der Waals surface area contributed by atoms with Gasteiger partial charge in [-0.15, -0.1) is 0 Å². The van der Waals surface area contributed by atoms with E-state index in [0.717, 1.165) is 37.3 Å². The molecule has 3 N–H and O–H groups in total. The van der Waals surface area contributed by atoms with Gasteiger partial charge in [0.05, 0.1) is 17.1 Å². The van der Waals surface area contributed by atoms with Crippen LogP contribution in [0.25, 0.3) is 0 Å². The molecule has 0 unspecified atom stereocenters. The lowest BCUT2D eigenvalue weighted by atomic mass is 10.0. The van der Waals surface area contributed by atoms with Crippen LogP contribution in [0.4, 0.5) is 10.5 Å². The second-order valence-corrected chi connectivity index (χ2v) is 5.83. The van der Waals surface area contributed by atoms with E-state index in [2.05, 4.69) is 35.9 Å². The van der Waals surface area contributed by atoms with Crippen molar-refractivity contribution in [2.45, 2.75) is 52.6 Å². The molecular formula is C14H25N5O. The Morgan fingerprint density at radius 2 is 1.95 bits per heavy atom. The second kappa shape index (κ2) is 5.73. The van der Waals surface area contributed by atoms with Gasteiger partial charge in [0.25, 0.3) is 0 Å². The first kappa shape index (κ1) is 14.7. The number of nitrogens with two attached hydrogens (primary N) is 1. The third-order valence-corrected chi connectivity index (χ3v) is 3.97. The zero-order valence-corrected chi connectivity index (χ0v) is 12.8. The number of aromatic nitrogens is 2. The minimum Gasteiger partial charge on any atom is -0.379 e. The molecule has 1 aromatic rings. The van der Waals surface area contributed by atoms with Crippen molar-refractivity contribution >= 4 is 11.7 Å². The lowest BCUT2D eigenvalue weighted by Crippen LogP contribution is -2.44. The average molecular weight is 279 g/mol. The van der Waals surface area contributed by atoms with Crippen molar-refractivity contribution in [1.29, 1.82) is 0 Å². The van der Waals surface area contributed by atoms with Crippen LogP contribution >= 0.6 is 0 Å². The van der Waals surface area contributed by atoms with Gasteiger partial charge in [0, 0.05) is 25.2 Å². The predicted molar refractivity (Wildman–Crippen MR) is 79.9 cm³/mol. The number of amides is 2. The molecule has 112 valence electrons. The van der Waals surface area contributed by atoms with Gasteiger partial charge in [-0.3, -0.25) is 4.68 Å². The fourth-order valence-corrected chi connectivity index (χ4v) is 2.82. The molecule has 0 aliphatic carbocycles. The quantitative estimate of drug-likeness (QED) is 0.889. The Morgan fingerprint density at radius 3 is 2.40 bits per heavy atom. The highest BCUT2D eigenvalue weighted by Crippen LogP contribution is 2.25. The van der Waals surface area contributed by atoms with Gasteiger partial charge in [0.1, 0.15) is 0 Å². The predicted octanol–water partition coefficient (Wildman–Crippen LogP) is 2.04. The summed E-state index contributed by atoms with van der Waals surface area (Å²) in [6.07, 6.45) is 1.85. The minimum absolute atomic E-state index is 0.316. The molecule has 0 atom stereocenters. The fraction of sp³-hybridized carbons (Fsp3) is 0.714. The Bertz CT molecular complexity index is 486. The van der Waals surface area contributed by atoms with E-state index in [-0.39, 0.29) is 6.03 Å². The number of likely N-dealkylation sites (tertiary alicyclic amines) is 1. The summed E-state index contributed by atoms with van der Waals surface area (Å²) >= 11 is 0. The molecule has 1 aliphatic heterocycles. The first-order chi connectivity index (χ1) is 9.40. The fourth-order valence-electron chi connectivity index (χ4n) is 2.82. The van der Waals surface area contributed by atoms with Gasteiger partial charge in [-0.1, -0.05) is 0 Å². The van der Waals surface area contributed by atoms with Crippen LogP contribution in [0.5, 0.6) is 0 Å². The molecule has 6 heteroatoms. The highest BCUT2D eigenvalue weighted by Gasteiger charge is 2.23. The van der Waals surface area contributed by atoms with Crippen molar-refractivity contribution in [3.8, 4) is 0 Å². The number of piperidine rings is 1. The number of carbonyl (C=O) groups excluding carboxylic acids is 1. The zero-order chi connectivity index (χ0) is 14.9. The van der Waals surface area contributed by atoms with Crippen molar-refractivity contribution in [1.82, 2.24) is 14.7 Å². The van der Waals surface area contributed by atoms with Crippen LogP contribution in [-0.2, 0) is 0 Å². The number of aryl methyl sites for hydroxylation is 1. The van der Waals surface area contributed by atoms with Crippen LogP contribution < -0.4 is 11.1 Å². The third kappa shape index (κ3) is 2.89. The van der Waals surface area contributed by atoms with E-state index < -0.39 is 0 Å². The molecule has 2 amide bonds. The van der Waals surface area contributed by atoms with E-state index in [9.17, 15) is 4.79 Å². The number of anilines is 1. The smallest absolute Gasteiger partial charge is 0.314 e. The third-order valence-electron chi connectivity index (χ3n) is 3.97. The van der Waals surface area contributed by atoms with Gasteiger partial charge < -0.3 is 16.0 Å². The van der Waals surface area contributed by atoms with Gasteiger partial charge in [-0.05, 0) is 40.5 Å². The Balaban J connectivity index is 2.03. The normalized spacial score (nSPS) is 16.8. The first-order valence-electron chi connectivity index (χ1n) is 7.26. The van der Waals surface area contributed by atoms with Gasteiger partial charge >= 0.3 is 6.03 Å². The monoisotopic (exact) mass is 279 g/mol. The standard InChI is InChI=1S/C14H25N5O/c1-9(2)19-11(4)13(10(3)17-19)16-12-5-7-18(8-6-12)14(15)20/h9,12,16H,5-8H2,1-4H3,(H2,15,20). The maximum absolute atomic E-state index is 11.1. The zero-order valence-electron chi connectivity index (χ0n) is 12.8. The summed E-state index contributed by atoms with van der Waals surface area (Å²) < 4.78 is 2.05. The second-order valence-electron chi connectivity index (χ2n) is 5.83. The van der Waals surface area contributed by atoms with E-state index in [4.69, 9.17) is 5.73 Å². The van der Waals surface area contributed by atoms with Crippen molar-refractivity contribution in [3.05, 3.63) is 11.4 Å². The number of nitrogens with zero attached hydrogens (tertiary/aromatic N) is 3.